The van der Waals surface area contributed by atoms with E-state index < -0.39 is 29.0 Å². The highest BCUT2D eigenvalue weighted by Crippen LogP contribution is 2.38. The van der Waals surface area contributed by atoms with Gasteiger partial charge < -0.3 is 10.0 Å². The van der Waals surface area contributed by atoms with Crippen molar-refractivity contribution in [3.63, 3.8) is 0 Å². The number of carbonyl (C=O) groups is 2. The topological polar surface area (TPSA) is 117 Å². The van der Waals surface area contributed by atoms with E-state index in [4.69, 9.17) is 0 Å². The van der Waals surface area contributed by atoms with Gasteiger partial charge in [0.2, 0.25) is 0 Å². The number of anilines is 1. The van der Waals surface area contributed by atoms with Gasteiger partial charge in [0.1, 0.15) is 0 Å². The van der Waals surface area contributed by atoms with Gasteiger partial charge in [0.25, 0.3) is 11.6 Å². The van der Waals surface area contributed by atoms with Gasteiger partial charge in [0.15, 0.2) is 11.4 Å². The van der Waals surface area contributed by atoms with Crippen LogP contribution in [0.1, 0.15) is 5.56 Å². The van der Waals surface area contributed by atoms with Crippen molar-refractivity contribution in [1.82, 2.24) is 9.88 Å². The Kier molecular flexibility index (Phi) is 3.93. The number of aromatic nitrogens is 1. The highest BCUT2D eigenvalue weighted by Gasteiger charge is 2.57. The zero-order valence-electron chi connectivity index (χ0n) is 13.2. The maximum atomic E-state index is 13.1. The molecule has 1 aliphatic heterocycles. The Bertz CT molecular complexity index is 857. The molecule has 1 fully saturated rings. The van der Waals surface area contributed by atoms with E-state index in [2.05, 4.69) is 4.98 Å². The van der Waals surface area contributed by atoms with E-state index in [1.54, 1.807) is 30.3 Å². The van der Waals surface area contributed by atoms with Crippen LogP contribution in [-0.2, 0) is 10.3 Å². The molecule has 3 amide bonds. The van der Waals surface area contributed by atoms with Gasteiger partial charge in [-0.25, -0.2) is 14.7 Å². The number of carbonyl (C=O) groups excluding carboxylic acids is 2. The van der Waals surface area contributed by atoms with Gasteiger partial charge in [-0.1, -0.05) is 30.3 Å². The van der Waals surface area contributed by atoms with Gasteiger partial charge in [-0.2, -0.15) is 0 Å². The maximum Gasteiger partial charge on any atom is 0.333 e. The van der Waals surface area contributed by atoms with Crippen LogP contribution in [0.15, 0.2) is 48.7 Å². The summed E-state index contributed by atoms with van der Waals surface area (Å²) in [5.41, 5.74) is -1.47. The molecule has 2 heterocycles. The lowest BCUT2D eigenvalue weighted by Crippen LogP contribution is -2.48. The van der Waals surface area contributed by atoms with Crippen molar-refractivity contribution >= 4 is 23.4 Å². The molecule has 9 nitrogen and oxygen atoms in total. The van der Waals surface area contributed by atoms with Crippen LogP contribution >= 0.6 is 0 Å². The highest BCUT2D eigenvalue weighted by molar-refractivity contribution is 6.23. The molecule has 9 heteroatoms. The number of nitrogens with zero attached hydrogens (tertiary/aromatic N) is 4. The van der Waals surface area contributed by atoms with Crippen LogP contribution < -0.4 is 4.90 Å². The van der Waals surface area contributed by atoms with Crippen molar-refractivity contribution in [2.45, 2.75) is 5.54 Å². The molecular formula is C16H14N4O5. The second kappa shape index (κ2) is 5.95. The molecule has 1 aliphatic rings. The Morgan fingerprint density at radius 3 is 2.52 bits per heavy atom. The lowest BCUT2D eigenvalue weighted by molar-refractivity contribution is -0.384. The van der Waals surface area contributed by atoms with Crippen molar-refractivity contribution < 1.29 is 19.6 Å². The van der Waals surface area contributed by atoms with Crippen LogP contribution in [0.5, 0.6) is 0 Å². The van der Waals surface area contributed by atoms with Gasteiger partial charge in [0.05, 0.1) is 17.6 Å². The van der Waals surface area contributed by atoms with Crippen molar-refractivity contribution in [1.29, 1.82) is 0 Å². The van der Waals surface area contributed by atoms with E-state index in [0.29, 0.717) is 5.56 Å². The Hall–Kier alpha value is -3.33. The number of aliphatic hydroxyl groups excluding tert-OH is 1. The smallest absolute Gasteiger partial charge is 0.333 e. The van der Waals surface area contributed by atoms with Gasteiger partial charge in [0, 0.05) is 19.3 Å². The molecule has 1 atom stereocenters. The summed E-state index contributed by atoms with van der Waals surface area (Å²) >= 11 is 0. The Morgan fingerprint density at radius 2 is 1.92 bits per heavy atom. The lowest BCUT2D eigenvalue weighted by atomic mass is 9.89. The van der Waals surface area contributed by atoms with Crippen LogP contribution in [0.4, 0.5) is 16.3 Å². The van der Waals surface area contributed by atoms with Crippen molar-refractivity contribution in [3.05, 3.63) is 64.3 Å². The van der Waals surface area contributed by atoms with Crippen LogP contribution in [0.3, 0.4) is 0 Å². The minimum absolute atomic E-state index is 0.165. The van der Waals surface area contributed by atoms with Crippen LogP contribution in [0, 0.1) is 10.1 Å². The first-order chi connectivity index (χ1) is 11.9. The number of hydrogen-bond acceptors (Lipinski definition) is 6. The number of aliphatic hydroxyl groups is 1. The van der Waals surface area contributed by atoms with Gasteiger partial charge >= 0.3 is 6.03 Å². The molecule has 128 valence electrons. The van der Waals surface area contributed by atoms with Gasteiger partial charge in [-0.05, 0) is 5.56 Å². The second-order valence-corrected chi connectivity index (χ2v) is 5.50. The Morgan fingerprint density at radius 1 is 1.24 bits per heavy atom. The maximum absolute atomic E-state index is 13.1. The van der Waals surface area contributed by atoms with Crippen molar-refractivity contribution in [3.8, 4) is 0 Å². The molecule has 0 aliphatic carbocycles. The zero-order chi connectivity index (χ0) is 18.2. The minimum atomic E-state index is -1.61. The molecule has 1 unspecified atom stereocenters. The Balaban J connectivity index is 2.13. The summed E-state index contributed by atoms with van der Waals surface area (Å²) in [6.45, 7) is -0.635. The molecule has 25 heavy (non-hydrogen) atoms. The quantitative estimate of drug-likeness (QED) is 0.508. The van der Waals surface area contributed by atoms with E-state index in [9.17, 15) is 24.8 Å². The molecule has 1 N–H and O–H groups in total. The number of benzene rings is 1. The zero-order valence-corrected chi connectivity index (χ0v) is 13.2. The summed E-state index contributed by atoms with van der Waals surface area (Å²) in [5, 5.41) is 20.9. The summed E-state index contributed by atoms with van der Waals surface area (Å²) in [7, 11) is 1.39. The van der Waals surface area contributed by atoms with Gasteiger partial charge in [-0.3, -0.25) is 14.9 Å². The number of amides is 3. The van der Waals surface area contributed by atoms with E-state index in [1.807, 2.05) is 0 Å². The van der Waals surface area contributed by atoms with Gasteiger partial charge in [-0.15, -0.1) is 0 Å². The highest BCUT2D eigenvalue weighted by atomic mass is 16.6. The third kappa shape index (κ3) is 2.32. The molecule has 2 aromatic rings. The predicted octanol–water partition coefficient (Wildman–Crippen LogP) is 1.28. The van der Waals surface area contributed by atoms with E-state index >= 15 is 0 Å². The molecule has 0 radical (unpaired) electrons. The third-order valence-electron chi connectivity index (χ3n) is 4.26. The average molecular weight is 342 g/mol. The second-order valence-electron chi connectivity index (χ2n) is 5.50. The summed E-state index contributed by atoms with van der Waals surface area (Å²) < 4.78 is 0. The molecule has 0 bridgehead atoms. The largest absolute Gasteiger partial charge is 0.393 e. The number of nitro groups is 1. The minimum Gasteiger partial charge on any atom is -0.393 e. The molecule has 3 rings (SSSR count). The first-order valence-electron chi connectivity index (χ1n) is 7.32. The third-order valence-corrected chi connectivity index (χ3v) is 4.26. The number of likely N-dealkylation sites (N-methyl/N-ethyl adjacent to an activating group) is 1. The molecule has 1 aromatic carbocycles. The molecule has 0 saturated carbocycles. The molecular weight excluding hydrogens is 328 g/mol. The summed E-state index contributed by atoms with van der Waals surface area (Å²) in [4.78, 5) is 41.8. The lowest BCUT2D eigenvalue weighted by Gasteiger charge is -2.30. The SMILES string of the molecule is CN1C(=O)N(c2cc([N+](=O)[O-])ccn2)C(=O)C1(CO)c1ccccc1. The van der Waals surface area contributed by atoms with Crippen molar-refractivity contribution in [2.75, 3.05) is 18.6 Å². The fourth-order valence-electron chi connectivity index (χ4n) is 2.87. The predicted molar refractivity (Wildman–Crippen MR) is 86.7 cm³/mol. The summed E-state index contributed by atoms with van der Waals surface area (Å²) in [6, 6.07) is 9.85. The first-order valence-corrected chi connectivity index (χ1v) is 7.32. The number of hydrogen-bond donors (Lipinski definition) is 1. The molecule has 0 spiro atoms. The van der Waals surface area contributed by atoms with Crippen molar-refractivity contribution in [2.24, 2.45) is 0 Å². The van der Waals surface area contributed by atoms with E-state index in [-0.39, 0.29) is 11.5 Å². The normalized spacial score (nSPS) is 20.2. The van der Waals surface area contributed by atoms with Crippen LogP contribution in [-0.4, -0.2) is 45.5 Å². The molecule has 1 aromatic heterocycles. The van der Waals surface area contributed by atoms with E-state index in [1.165, 1.54) is 7.05 Å². The fourth-order valence-corrected chi connectivity index (χ4v) is 2.87. The summed E-state index contributed by atoms with van der Waals surface area (Å²) in [5.74, 6) is -0.885. The number of pyridine rings is 1. The Labute approximate surface area is 142 Å². The molecule has 1 saturated heterocycles. The first kappa shape index (κ1) is 16.5. The number of rotatable bonds is 4. The average Bonchev–Trinajstić information content (AvgIpc) is 2.82. The standard InChI is InChI=1S/C16H14N4O5/c1-18-15(23)19(13-9-12(20(24)25)7-8-17-13)14(22)16(18,10-21)11-5-3-2-4-6-11/h2-9,21H,10H2,1H3. The van der Waals surface area contributed by atoms with Crippen LogP contribution in [0.2, 0.25) is 0 Å². The monoisotopic (exact) mass is 342 g/mol. The van der Waals surface area contributed by atoms with E-state index in [0.717, 1.165) is 28.1 Å². The number of urea groups is 1. The fraction of sp³-hybridized carbons (Fsp3) is 0.188. The summed E-state index contributed by atoms with van der Waals surface area (Å²) in [6.07, 6.45) is 1.15. The van der Waals surface area contributed by atoms with Crippen LogP contribution in [0.25, 0.3) is 0 Å². The number of imide groups is 1.